The maximum absolute atomic E-state index is 11.8. The number of nitrogens with zero attached hydrogens (tertiary/aromatic N) is 3. The van der Waals surface area contributed by atoms with E-state index in [1.165, 1.54) is 0 Å². The first-order valence-electron chi connectivity index (χ1n) is 7.49. The predicted molar refractivity (Wildman–Crippen MR) is 84.2 cm³/mol. The van der Waals surface area contributed by atoms with Gasteiger partial charge >= 0.3 is 0 Å². The molecule has 116 valence electrons. The minimum Gasteiger partial charge on any atom is -0.370 e. The van der Waals surface area contributed by atoms with E-state index in [0.29, 0.717) is 6.54 Å². The van der Waals surface area contributed by atoms with Crippen molar-refractivity contribution in [3.63, 3.8) is 0 Å². The molecule has 4 N–H and O–H groups in total. The Morgan fingerprint density at radius 1 is 1.52 bits per heavy atom. The SMILES string of the molecule is CCCNc1cc(N2CCCC(C(=O)NC)C2)nc(N)n1. The number of anilines is 3. The fourth-order valence-corrected chi connectivity index (χ4v) is 2.56. The van der Waals surface area contributed by atoms with Crippen molar-refractivity contribution in [2.45, 2.75) is 26.2 Å². The van der Waals surface area contributed by atoms with Crippen molar-refractivity contribution in [1.82, 2.24) is 15.3 Å². The van der Waals surface area contributed by atoms with E-state index in [4.69, 9.17) is 5.73 Å². The molecule has 1 fully saturated rings. The van der Waals surface area contributed by atoms with Gasteiger partial charge in [0.05, 0.1) is 5.92 Å². The highest BCUT2D eigenvalue weighted by Gasteiger charge is 2.26. The van der Waals surface area contributed by atoms with Crippen molar-refractivity contribution in [1.29, 1.82) is 0 Å². The van der Waals surface area contributed by atoms with Crippen LogP contribution in [0.5, 0.6) is 0 Å². The molecule has 7 nitrogen and oxygen atoms in total. The molecule has 1 aromatic heterocycles. The van der Waals surface area contributed by atoms with Crippen LogP contribution < -0.4 is 21.3 Å². The average Bonchev–Trinajstić information content (AvgIpc) is 2.51. The van der Waals surface area contributed by atoms with Crippen LogP contribution in [0.3, 0.4) is 0 Å². The standard InChI is InChI=1S/C14H24N6O/c1-3-6-17-11-8-12(19-14(15)18-11)20-7-4-5-10(9-20)13(21)16-2/h8,10H,3-7,9H2,1-2H3,(H,16,21)(H3,15,17,18,19). The number of rotatable bonds is 5. The van der Waals surface area contributed by atoms with Crippen LogP contribution in [-0.4, -0.2) is 42.6 Å². The van der Waals surface area contributed by atoms with Gasteiger partial charge in [0.1, 0.15) is 11.6 Å². The van der Waals surface area contributed by atoms with E-state index in [9.17, 15) is 4.79 Å². The minimum atomic E-state index is 0.00647. The van der Waals surface area contributed by atoms with Gasteiger partial charge in [-0.15, -0.1) is 0 Å². The monoisotopic (exact) mass is 292 g/mol. The molecule has 1 aliphatic heterocycles. The van der Waals surface area contributed by atoms with Gasteiger partial charge < -0.3 is 21.3 Å². The fraction of sp³-hybridized carbons (Fsp3) is 0.643. The number of carbonyl (C=O) groups excluding carboxylic acids is 1. The van der Waals surface area contributed by atoms with Crippen LogP contribution in [-0.2, 0) is 4.79 Å². The third-order valence-corrected chi connectivity index (χ3v) is 3.65. The van der Waals surface area contributed by atoms with Crippen LogP contribution >= 0.6 is 0 Å². The minimum absolute atomic E-state index is 0.00647. The van der Waals surface area contributed by atoms with Crippen molar-refractivity contribution in [3.05, 3.63) is 6.07 Å². The number of aromatic nitrogens is 2. The van der Waals surface area contributed by atoms with Crippen LogP contribution in [0.1, 0.15) is 26.2 Å². The lowest BCUT2D eigenvalue weighted by molar-refractivity contribution is -0.124. The predicted octanol–water partition coefficient (Wildman–Crippen LogP) is 0.843. The highest BCUT2D eigenvalue weighted by atomic mass is 16.1. The molecular weight excluding hydrogens is 268 g/mol. The summed E-state index contributed by atoms with van der Waals surface area (Å²) in [4.78, 5) is 22.4. The van der Waals surface area contributed by atoms with E-state index in [0.717, 1.165) is 44.0 Å². The smallest absolute Gasteiger partial charge is 0.224 e. The van der Waals surface area contributed by atoms with Crippen molar-refractivity contribution >= 4 is 23.5 Å². The molecule has 2 rings (SSSR count). The molecule has 1 saturated heterocycles. The second-order valence-corrected chi connectivity index (χ2v) is 5.30. The van der Waals surface area contributed by atoms with Crippen LogP contribution in [0.2, 0.25) is 0 Å². The van der Waals surface area contributed by atoms with E-state index in [1.807, 2.05) is 6.07 Å². The average molecular weight is 292 g/mol. The molecule has 21 heavy (non-hydrogen) atoms. The Labute approximate surface area is 125 Å². The lowest BCUT2D eigenvalue weighted by Gasteiger charge is -2.32. The fourth-order valence-electron chi connectivity index (χ4n) is 2.56. The van der Waals surface area contributed by atoms with Crippen LogP contribution in [0.4, 0.5) is 17.6 Å². The summed E-state index contributed by atoms with van der Waals surface area (Å²) >= 11 is 0. The number of piperidine rings is 1. The summed E-state index contributed by atoms with van der Waals surface area (Å²) in [6.07, 6.45) is 2.90. The normalized spacial score (nSPS) is 18.4. The van der Waals surface area contributed by atoms with Gasteiger partial charge in [-0.3, -0.25) is 4.79 Å². The molecule has 1 atom stereocenters. The van der Waals surface area contributed by atoms with Crippen LogP contribution in [0.25, 0.3) is 0 Å². The molecule has 1 amide bonds. The topological polar surface area (TPSA) is 96.2 Å². The number of hydrogen-bond acceptors (Lipinski definition) is 6. The van der Waals surface area contributed by atoms with Gasteiger partial charge in [-0.2, -0.15) is 9.97 Å². The molecule has 2 heterocycles. The zero-order valence-electron chi connectivity index (χ0n) is 12.7. The molecular formula is C14H24N6O. The Kier molecular flexibility index (Phi) is 5.19. The summed E-state index contributed by atoms with van der Waals surface area (Å²) in [5, 5.41) is 5.94. The van der Waals surface area contributed by atoms with Gasteiger partial charge in [-0.1, -0.05) is 6.92 Å². The molecule has 1 aromatic rings. The van der Waals surface area contributed by atoms with Gasteiger partial charge in [0.15, 0.2) is 0 Å². The number of amides is 1. The first kappa shape index (κ1) is 15.3. The molecule has 0 bridgehead atoms. The number of hydrogen-bond donors (Lipinski definition) is 3. The molecule has 0 saturated carbocycles. The number of nitrogen functional groups attached to an aromatic ring is 1. The van der Waals surface area contributed by atoms with E-state index in [2.05, 4.69) is 32.4 Å². The molecule has 0 radical (unpaired) electrons. The Balaban J connectivity index is 2.12. The Morgan fingerprint density at radius 2 is 2.33 bits per heavy atom. The van der Waals surface area contributed by atoms with Crippen molar-refractivity contribution in [2.75, 3.05) is 42.6 Å². The third-order valence-electron chi connectivity index (χ3n) is 3.65. The Hall–Kier alpha value is -2.05. The van der Waals surface area contributed by atoms with E-state index < -0.39 is 0 Å². The van der Waals surface area contributed by atoms with E-state index in [1.54, 1.807) is 7.05 Å². The van der Waals surface area contributed by atoms with Gasteiger partial charge in [0.2, 0.25) is 11.9 Å². The summed E-state index contributed by atoms with van der Waals surface area (Å²) in [6.45, 7) is 4.49. The van der Waals surface area contributed by atoms with Gasteiger partial charge in [0.25, 0.3) is 0 Å². The Morgan fingerprint density at radius 3 is 3.05 bits per heavy atom. The second-order valence-electron chi connectivity index (χ2n) is 5.30. The molecule has 0 spiro atoms. The second kappa shape index (κ2) is 7.10. The van der Waals surface area contributed by atoms with E-state index >= 15 is 0 Å². The first-order valence-corrected chi connectivity index (χ1v) is 7.49. The van der Waals surface area contributed by atoms with Crippen LogP contribution in [0, 0.1) is 5.92 Å². The molecule has 1 unspecified atom stereocenters. The Bertz CT molecular complexity index is 492. The summed E-state index contributed by atoms with van der Waals surface area (Å²) in [7, 11) is 1.68. The summed E-state index contributed by atoms with van der Waals surface area (Å²) in [5.41, 5.74) is 5.79. The van der Waals surface area contributed by atoms with Gasteiger partial charge in [-0.25, -0.2) is 0 Å². The largest absolute Gasteiger partial charge is 0.370 e. The van der Waals surface area contributed by atoms with Crippen molar-refractivity contribution in [2.24, 2.45) is 5.92 Å². The summed E-state index contributed by atoms with van der Waals surface area (Å²) in [6, 6.07) is 1.90. The lowest BCUT2D eigenvalue weighted by Crippen LogP contribution is -2.42. The van der Waals surface area contributed by atoms with Gasteiger partial charge in [0, 0.05) is 32.7 Å². The highest BCUT2D eigenvalue weighted by Crippen LogP contribution is 2.24. The number of carbonyl (C=O) groups is 1. The molecule has 0 aliphatic carbocycles. The van der Waals surface area contributed by atoms with Crippen molar-refractivity contribution in [3.8, 4) is 0 Å². The maximum Gasteiger partial charge on any atom is 0.224 e. The quantitative estimate of drug-likeness (QED) is 0.744. The van der Waals surface area contributed by atoms with Crippen molar-refractivity contribution < 1.29 is 4.79 Å². The summed E-state index contributed by atoms with van der Waals surface area (Å²) in [5.74, 6) is 1.88. The molecule has 1 aliphatic rings. The number of nitrogens with two attached hydrogens (primary N) is 1. The van der Waals surface area contributed by atoms with Gasteiger partial charge in [-0.05, 0) is 19.3 Å². The third kappa shape index (κ3) is 3.96. The maximum atomic E-state index is 11.8. The zero-order chi connectivity index (χ0) is 15.2. The lowest BCUT2D eigenvalue weighted by atomic mass is 9.97. The highest BCUT2D eigenvalue weighted by molar-refractivity contribution is 5.79. The van der Waals surface area contributed by atoms with Crippen LogP contribution in [0.15, 0.2) is 6.07 Å². The molecule has 0 aromatic carbocycles. The number of nitrogens with one attached hydrogen (secondary N) is 2. The molecule has 7 heteroatoms. The van der Waals surface area contributed by atoms with E-state index in [-0.39, 0.29) is 17.8 Å². The zero-order valence-corrected chi connectivity index (χ0v) is 12.7. The first-order chi connectivity index (χ1) is 10.1. The summed E-state index contributed by atoms with van der Waals surface area (Å²) < 4.78 is 0.